The summed E-state index contributed by atoms with van der Waals surface area (Å²) in [5, 5.41) is 64.1. The molecule has 25 heavy (non-hydrogen) atoms. The van der Waals surface area contributed by atoms with Gasteiger partial charge in [-0.2, -0.15) is 5.48 Å². The van der Waals surface area contributed by atoms with Crippen molar-refractivity contribution in [3.05, 3.63) is 0 Å². The maximum absolute atomic E-state index is 11.8. The average molecular weight is 371 g/mol. The summed E-state index contributed by atoms with van der Waals surface area (Å²) in [6.45, 7) is -3.37. The third-order valence-corrected chi connectivity index (χ3v) is 3.49. The van der Waals surface area contributed by atoms with Crippen LogP contribution in [-0.2, 0) is 24.1 Å². The highest BCUT2D eigenvalue weighted by molar-refractivity contribution is 5.91. The number of ketones is 2. The van der Waals surface area contributed by atoms with Crippen molar-refractivity contribution in [2.75, 3.05) is 26.4 Å². The second kappa shape index (κ2) is 9.56. The van der Waals surface area contributed by atoms with Crippen LogP contribution in [0.15, 0.2) is 0 Å². The number of Topliss-reactive ketones (excluding diaryl/α,β-unsaturated/α-hetero) is 2. The van der Waals surface area contributed by atoms with Gasteiger partial charge in [0.15, 0.2) is 11.6 Å². The second-order valence-electron chi connectivity index (χ2n) is 5.27. The fraction of sp³-hybridized carbons (Fsp3) is 0.833. The molecule has 13 heteroatoms. The van der Waals surface area contributed by atoms with E-state index in [1.54, 1.807) is 0 Å². The molecule has 1 fully saturated rings. The number of hydroxylamine groups is 1. The van der Waals surface area contributed by atoms with Crippen LogP contribution in [0, 0.1) is 0 Å². The zero-order chi connectivity index (χ0) is 19.2. The van der Waals surface area contributed by atoms with Gasteiger partial charge in [-0.25, -0.2) is 9.78 Å². The number of hydrogen-bond donors (Lipinski definition) is 8. The predicted molar refractivity (Wildman–Crippen MR) is 72.6 cm³/mol. The van der Waals surface area contributed by atoms with E-state index >= 15 is 0 Å². The summed E-state index contributed by atoms with van der Waals surface area (Å²) in [5.41, 5.74) is 1.50. The number of carbonyl (C=O) groups excluding carboxylic acids is 2. The van der Waals surface area contributed by atoms with E-state index in [1.165, 1.54) is 5.48 Å². The van der Waals surface area contributed by atoms with Gasteiger partial charge in [0, 0.05) is 0 Å². The summed E-state index contributed by atoms with van der Waals surface area (Å²) in [6, 6.07) is -1.62. The fourth-order valence-corrected chi connectivity index (χ4v) is 1.99. The standard InChI is InChI=1S/C12H21NO12/c14-1-5(16)8(18)9(19)6(17)2-23-24-3-7-10(20)11(13-22)12(21,4-15)25-7/h5,7-9,11,13-16,18-19,21-22H,1-4H2. The number of carbonyl (C=O) groups is 2. The Morgan fingerprint density at radius 1 is 1.28 bits per heavy atom. The molecule has 13 nitrogen and oxygen atoms in total. The van der Waals surface area contributed by atoms with E-state index in [1.807, 2.05) is 0 Å². The smallest absolute Gasteiger partial charge is 0.215 e. The molecule has 6 unspecified atom stereocenters. The van der Waals surface area contributed by atoms with Gasteiger partial charge in [-0.05, 0) is 0 Å². The lowest BCUT2D eigenvalue weighted by Crippen LogP contribution is -2.52. The molecular weight excluding hydrogens is 350 g/mol. The van der Waals surface area contributed by atoms with Crippen molar-refractivity contribution >= 4 is 11.6 Å². The summed E-state index contributed by atoms with van der Waals surface area (Å²) in [4.78, 5) is 32.3. The van der Waals surface area contributed by atoms with Gasteiger partial charge in [-0.3, -0.25) is 9.59 Å². The number of aliphatic hydroxyl groups is 6. The Bertz CT molecular complexity index is 461. The zero-order valence-electron chi connectivity index (χ0n) is 12.9. The zero-order valence-corrected chi connectivity index (χ0v) is 12.9. The van der Waals surface area contributed by atoms with Crippen LogP contribution in [0.2, 0.25) is 0 Å². The molecule has 1 aliphatic rings. The van der Waals surface area contributed by atoms with Gasteiger partial charge in [-0.15, -0.1) is 0 Å². The Hall–Kier alpha value is -1.10. The minimum Gasteiger partial charge on any atom is -0.394 e. The van der Waals surface area contributed by atoms with Crippen LogP contribution >= 0.6 is 0 Å². The summed E-state index contributed by atoms with van der Waals surface area (Å²) < 4.78 is 4.85. The Labute approximate surface area is 140 Å². The van der Waals surface area contributed by atoms with Gasteiger partial charge in [-0.1, -0.05) is 0 Å². The molecule has 0 bridgehead atoms. The first kappa shape index (κ1) is 21.9. The number of aliphatic hydroxyl groups excluding tert-OH is 5. The normalized spacial score (nSPS) is 30.3. The monoisotopic (exact) mass is 371 g/mol. The molecule has 1 rings (SSSR count). The number of ether oxygens (including phenoxy) is 1. The highest BCUT2D eigenvalue weighted by atomic mass is 17.2. The van der Waals surface area contributed by atoms with Crippen LogP contribution < -0.4 is 5.48 Å². The molecule has 8 N–H and O–H groups in total. The first-order valence-electron chi connectivity index (χ1n) is 7.08. The van der Waals surface area contributed by atoms with Crippen LogP contribution in [-0.4, -0.2) is 110 Å². The Morgan fingerprint density at radius 2 is 1.92 bits per heavy atom. The highest BCUT2D eigenvalue weighted by Crippen LogP contribution is 2.25. The molecule has 6 atom stereocenters. The van der Waals surface area contributed by atoms with Crippen LogP contribution in [0.5, 0.6) is 0 Å². The van der Waals surface area contributed by atoms with Crippen molar-refractivity contribution in [2.24, 2.45) is 0 Å². The van der Waals surface area contributed by atoms with E-state index in [0.29, 0.717) is 0 Å². The van der Waals surface area contributed by atoms with Gasteiger partial charge >= 0.3 is 0 Å². The maximum Gasteiger partial charge on any atom is 0.215 e. The lowest BCUT2D eigenvalue weighted by Gasteiger charge is -2.23. The van der Waals surface area contributed by atoms with Crippen LogP contribution in [0.1, 0.15) is 0 Å². The SMILES string of the molecule is O=C(COOCC1OC(O)(CO)C(NO)C1=O)C(O)C(O)C(O)CO. The first-order chi connectivity index (χ1) is 11.7. The molecule has 0 aliphatic carbocycles. The van der Waals surface area contributed by atoms with E-state index in [0.717, 1.165) is 0 Å². The van der Waals surface area contributed by atoms with Gasteiger partial charge in [0.1, 0.15) is 43.7 Å². The van der Waals surface area contributed by atoms with E-state index < -0.39 is 74.2 Å². The lowest BCUT2D eigenvalue weighted by atomic mass is 10.1. The number of hydrogen-bond acceptors (Lipinski definition) is 13. The summed E-state index contributed by atoms with van der Waals surface area (Å²) >= 11 is 0. The van der Waals surface area contributed by atoms with E-state index in [-0.39, 0.29) is 0 Å². The minimum atomic E-state index is -2.36. The Morgan fingerprint density at radius 3 is 2.40 bits per heavy atom. The van der Waals surface area contributed by atoms with E-state index in [4.69, 9.17) is 25.3 Å². The summed E-state index contributed by atoms with van der Waals surface area (Å²) in [5.74, 6) is -4.30. The molecule has 0 saturated carbocycles. The topological polar surface area (TPSA) is 215 Å². The minimum absolute atomic E-state index is 0.621. The van der Waals surface area contributed by atoms with Gasteiger partial charge in [0.05, 0.1) is 13.2 Å². The van der Waals surface area contributed by atoms with E-state index in [2.05, 4.69) is 9.78 Å². The maximum atomic E-state index is 11.8. The van der Waals surface area contributed by atoms with Gasteiger partial charge in [0.2, 0.25) is 5.79 Å². The van der Waals surface area contributed by atoms with Crippen LogP contribution in [0.4, 0.5) is 0 Å². The van der Waals surface area contributed by atoms with Crippen LogP contribution in [0.25, 0.3) is 0 Å². The molecule has 0 aromatic heterocycles. The Kier molecular flexibility index (Phi) is 8.39. The molecule has 0 spiro atoms. The molecule has 0 radical (unpaired) electrons. The van der Waals surface area contributed by atoms with Crippen molar-refractivity contribution in [1.82, 2.24) is 5.48 Å². The molecule has 146 valence electrons. The highest BCUT2D eigenvalue weighted by Gasteiger charge is 2.54. The number of rotatable bonds is 11. The quantitative estimate of drug-likeness (QED) is 0.0967. The third-order valence-electron chi connectivity index (χ3n) is 3.49. The second-order valence-corrected chi connectivity index (χ2v) is 5.27. The molecular formula is C12H21NO12. The van der Waals surface area contributed by atoms with Crippen molar-refractivity contribution < 1.29 is 59.9 Å². The van der Waals surface area contributed by atoms with Crippen molar-refractivity contribution in [2.45, 2.75) is 36.2 Å². The third kappa shape index (κ3) is 5.19. The molecule has 0 amide bonds. The lowest BCUT2D eigenvalue weighted by molar-refractivity contribution is -0.312. The molecule has 1 heterocycles. The van der Waals surface area contributed by atoms with Gasteiger partial charge in [0.25, 0.3) is 0 Å². The fourth-order valence-electron chi connectivity index (χ4n) is 1.99. The molecule has 0 aromatic carbocycles. The predicted octanol–water partition coefficient (Wildman–Crippen LogP) is -5.43. The molecule has 0 aromatic rings. The number of nitrogens with one attached hydrogen (secondary N) is 1. The van der Waals surface area contributed by atoms with Gasteiger partial charge < -0.3 is 40.6 Å². The van der Waals surface area contributed by atoms with Crippen molar-refractivity contribution in [3.63, 3.8) is 0 Å². The van der Waals surface area contributed by atoms with Crippen molar-refractivity contribution in [3.8, 4) is 0 Å². The first-order valence-corrected chi connectivity index (χ1v) is 7.08. The average Bonchev–Trinajstić information content (AvgIpc) is 2.86. The van der Waals surface area contributed by atoms with Crippen LogP contribution in [0.3, 0.4) is 0 Å². The molecule has 1 saturated heterocycles. The summed E-state index contributed by atoms with van der Waals surface area (Å²) in [6.07, 6.45) is -7.14. The summed E-state index contributed by atoms with van der Waals surface area (Å²) in [7, 11) is 0. The Balaban J connectivity index is 2.41. The largest absolute Gasteiger partial charge is 0.394 e. The van der Waals surface area contributed by atoms with Crippen molar-refractivity contribution in [1.29, 1.82) is 0 Å². The molecule has 1 aliphatic heterocycles. The van der Waals surface area contributed by atoms with E-state index in [9.17, 15) is 24.9 Å².